The highest BCUT2D eigenvalue weighted by atomic mass is 16.5. The lowest BCUT2D eigenvalue weighted by molar-refractivity contribution is 0.0303. The van der Waals surface area contributed by atoms with Crippen LogP contribution in [0.4, 0.5) is 0 Å². The fourth-order valence-corrected chi connectivity index (χ4v) is 3.84. The van der Waals surface area contributed by atoms with Crippen molar-refractivity contribution in [3.8, 4) is 28.3 Å². The lowest BCUT2D eigenvalue weighted by Crippen LogP contribution is -2.18. The second-order valence-corrected chi connectivity index (χ2v) is 9.03. The highest BCUT2D eigenvalue weighted by Crippen LogP contribution is 2.23. The number of rotatable bonds is 15. The van der Waals surface area contributed by atoms with Gasteiger partial charge in [-0.2, -0.15) is 0 Å². The van der Waals surface area contributed by atoms with Gasteiger partial charge in [0, 0.05) is 30.1 Å². The van der Waals surface area contributed by atoms with Crippen molar-refractivity contribution in [2.75, 3.05) is 13.2 Å². The predicted molar refractivity (Wildman–Crippen MR) is 141 cm³/mol. The third-order valence-electron chi connectivity index (χ3n) is 6.01. The van der Waals surface area contributed by atoms with Gasteiger partial charge in [-0.05, 0) is 61.6 Å². The summed E-state index contributed by atoms with van der Waals surface area (Å²) in [7, 11) is 0. The maximum Gasteiger partial charge on any atom is 0.159 e. The molecule has 0 aliphatic carbocycles. The van der Waals surface area contributed by atoms with Gasteiger partial charge in [0.2, 0.25) is 0 Å². The average molecular weight is 461 g/mol. The normalized spacial score (nSPS) is 12.0. The van der Waals surface area contributed by atoms with Crippen LogP contribution >= 0.6 is 0 Å². The van der Waals surface area contributed by atoms with Crippen molar-refractivity contribution in [1.82, 2.24) is 9.97 Å². The molecule has 34 heavy (non-hydrogen) atoms. The Balaban J connectivity index is 1.48. The van der Waals surface area contributed by atoms with Gasteiger partial charge in [-0.15, -0.1) is 0 Å². The fourth-order valence-electron chi connectivity index (χ4n) is 3.84. The summed E-state index contributed by atoms with van der Waals surface area (Å²) in [6.45, 7) is 7.88. The van der Waals surface area contributed by atoms with Crippen LogP contribution in [-0.4, -0.2) is 29.3 Å². The van der Waals surface area contributed by atoms with E-state index in [0.29, 0.717) is 6.61 Å². The summed E-state index contributed by atoms with van der Waals surface area (Å²) in [6.07, 6.45) is 13.7. The number of nitrogens with zero attached hydrogens (tertiary/aromatic N) is 2. The molecule has 4 heteroatoms. The number of ether oxygens (including phenoxy) is 2. The van der Waals surface area contributed by atoms with Crippen LogP contribution in [0.5, 0.6) is 5.75 Å². The van der Waals surface area contributed by atoms with Gasteiger partial charge in [0.15, 0.2) is 5.82 Å². The van der Waals surface area contributed by atoms with E-state index in [1.165, 1.54) is 44.1 Å². The molecule has 0 radical (unpaired) electrons. The standard InChI is InChI=1S/C30H40N2O2/c1-4-6-8-10-20-33-24(3)23-34-29-18-16-27(17-19-29)30-31-21-28(22-32-30)26-14-12-25(13-15-26)11-9-7-5-2/h12-19,21-22,24H,4-11,20,23H2,1-3H3. The Morgan fingerprint density at radius 3 is 2.03 bits per heavy atom. The predicted octanol–water partition coefficient (Wildman–Crippen LogP) is 7.91. The van der Waals surface area contributed by atoms with E-state index in [1.54, 1.807) is 0 Å². The first kappa shape index (κ1) is 25.9. The van der Waals surface area contributed by atoms with E-state index in [1.807, 2.05) is 36.7 Å². The van der Waals surface area contributed by atoms with Gasteiger partial charge in [0.25, 0.3) is 0 Å². The van der Waals surface area contributed by atoms with E-state index < -0.39 is 0 Å². The Labute approximate surface area is 205 Å². The molecule has 4 nitrogen and oxygen atoms in total. The smallest absolute Gasteiger partial charge is 0.159 e. The maximum atomic E-state index is 5.89. The topological polar surface area (TPSA) is 44.2 Å². The number of hydrogen-bond acceptors (Lipinski definition) is 4. The number of aromatic nitrogens is 2. The van der Waals surface area contributed by atoms with Crippen molar-refractivity contribution in [1.29, 1.82) is 0 Å². The summed E-state index contributed by atoms with van der Waals surface area (Å²) in [4.78, 5) is 9.19. The van der Waals surface area contributed by atoms with Gasteiger partial charge >= 0.3 is 0 Å². The number of hydrogen-bond donors (Lipinski definition) is 0. The Morgan fingerprint density at radius 2 is 1.35 bits per heavy atom. The molecule has 0 aliphatic heterocycles. The largest absolute Gasteiger partial charge is 0.491 e. The van der Waals surface area contributed by atoms with E-state index in [-0.39, 0.29) is 6.10 Å². The van der Waals surface area contributed by atoms with Gasteiger partial charge in [-0.3, -0.25) is 0 Å². The molecule has 1 aromatic heterocycles. The Morgan fingerprint density at radius 1 is 0.706 bits per heavy atom. The fraction of sp³-hybridized carbons (Fsp3) is 0.467. The second-order valence-electron chi connectivity index (χ2n) is 9.03. The van der Waals surface area contributed by atoms with Crippen LogP contribution in [0.1, 0.15) is 71.3 Å². The quantitative estimate of drug-likeness (QED) is 0.216. The lowest BCUT2D eigenvalue weighted by atomic mass is 10.0. The zero-order chi connectivity index (χ0) is 24.0. The van der Waals surface area contributed by atoms with Crippen LogP contribution in [0, 0.1) is 0 Å². The SMILES string of the molecule is CCCCCCOC(C)COc1ccc(-c2ncc(-c3ccc(CCCCC)cc3)cn2)cc1. The van der Waals surface area contributed by atoms with Gasteiger partial charge < -0.3 is 9.47 Å². The van der Waals surface area contributed by atoms with Crippen molar-refractivity contribution >= 4 is 0 Å². The molecular weight excluding hydrogens is 420 g/mol. The number of aryl methyl sites for hydroxylation is 1. The highest BCUT2D eigenvalue weighted by molar-refractivity contribution is 5.64. The second kappa shape index (κ2) is 14.5. The number of unbranched alkanes of at least 4 members (excludes halogenated alkanes) is 5. The minimum absolute atomic E-state index is 0.0857. The first-order chi connectivity index (χ1) is 16.7. The summed E-state index contributed by atoms with van der Waals surface area (Å²) in [5.41, 5.74) is 4.55. The molecule has 0 bridgehead atoms. The van der Waals surface area contributed by atoms with Gasteiger partial charge in [-0.25, -0.2) is 9.97 Å². The minimum Gasteiger partial charge on any atom is -0.491 e. The Bertz CT molecular complexity index is 937. The van der Waals surface area contributed by atoms with Crippen LogP contribution in [0.3, 0.4) is 0 Å². The molecule has 3 rings (SSSR count). The zero-order valence-electron chi connectivity index (χ0n) is 21.1. The van der Waals surface area contributed by atoms with Crippen molar-refractivity contribution in [3.05, 3.63) is 66.5 Å². The van der Waals surface area contributed by atoms with Crippen LogP contribution < -0.4 is 4.74 Å². The molecule has 1 heterocycles. The lowest BCUT2D eigenvalue weighted by Gasteiger charge is -2.14. The van der Waals surface area contributed by atoms with Crippen molar-refractivity contribution < 1.29 is 9.47 Å². The molecule has 0 saturated heterocycles. The van der Waals surface area contributed by atoms with Crippen molar-refractivity contribution in [3.63, 3.8) is 0 Å². The molecule has 0 saturated carbocycles. The monoisotopic (exact) mass is 460 g/mol. The summed E-state index contributed by atoms with van der Waals surface area (Å²) >= 11 is 0. The molecule has 0 aliphatic rings. The molecule has 0 fully saturated rings. The van der Waals surface area contributed by atoms with Crippen LogP contribution in [0.2, 0.25) is 0 Å². The summed E-state index contributed by atoms with van der Waals surface area (Å²) in [5, 5.41) is 0. The van der Waals surface area contributed by atoms with Crippen LogP contribution in [-0.2, 0) is 11.2 Å². The maximum absolute atomic E-state index is 5.89. The molecule has 182 valence electrons. The summed E-state index contributed by atoms with van der Waals surface area (Å²) < 4.78 is 11.7. The minimum atomic E-state index is 0.0857. The highest BCUT2D eigenvalue weighted by Gasteiger charge is 2.06. The molecule has 2 aromatic carbocycles. The third-order valence-corrected chi connectivity index (χ3v) is 6.01. The first-order valence-corrected chi connectivity index (χ1v) is 13.0. The van der Waals surface area contributed by atoms with E-state index in [0.717, 1.165) is 47.7 Å². The van der Waals surface area contributed by atoms with Crippen molar-refractivity contribution in [2.45, 2.75) is 78.2 Å². The van der Waals surface area contributed by atoms with Crippen molar-refractivity contribution in [2.24, 2.45) is 0 Å². The van der Waals surface area contributed by atoms with Crippen LogP contribution in [0.25, 0.3) is 22.5 Å². The summed E-state index contributed by atoms with van der Waals surface area (Å²) in [5.74, 6) is 1.55. The molecule has 0 amide bonds. The third kappa shape index (κ3) is 8.57. The molecule has 1 unspecified atom stereocenters. The molecule has 3 aromatic rings. The first-order valence-electron chi connectivity index (χ1n) is 13.0. The van der Waals surface area contributed by atoms with Gasteiger partial charge in [0.05, 0.1) is 6.10 Å². The Hall–Kier alpha value is -2.72. The average Bonchev–Trinajstić information content (AvgIpc) is 2.88. The van der Waals surface area contributed by atoms with Gasteiger partial charge in [-0.1, -0.05) is 70.2 Å². The van der Waals surface area contributed by atoms with E-state index in [4.69, 9.17) is 9.47 Å². The molecule has 0 N–H and O–H groups in total. The summed E-state index contributed by atoms with van der Waals surface area (Å²) in [6, 6.07) is 16.7. The zero-order valence-corrected chi connectivity index (χ0v) is 21.1. The number of benzene rings is 2. The van der Waals surface area contributed by atoms with E-state index in [9.17, 15) is 0 Å². The molecule has 0 spiro atoms. The van der Waals surface area contributed by atoms with Gasteiger partial charge in [0.1, 0.15) is 12.4 Å². The van der Waals surface area contributed by atoms with Crippen LogP contribution in [0.15, 0.2) is 60.9 Å². The molecule has 1 atom stereocenters. The van der Waals surface area contributed by atoms with E-state index in [2.05, 4.69) is 55.0 Å². The van der Waals surface area contributed by atoms with E-state index >= 15 is 0 Å². The Kier molecular flexibility index (Phi) is 11.1. The molecular formula is C30H40N2O2.